The molecule has 2 heterocycles. The molecular weight excluding hydrogens is 452 g/mol. The molecule has 0 spiro atoms. The van der Waals surface area contributed by atoms with Crippen molar-refractivity contribution in [2.75, 3.05) is 14.2 Å². The van der Waals surface area contributed by atoms with Gasteiger partial charge in [0.15, 0.2) is 23.0 Å². The summed E-state index contributed by atoms with van der Waals surface area (Å²) in [4.78, 5) is 24.7. The van der Waals surface area contributed by atoms with Gasteiger partial charge in [-0.1, -0.05) is 30.3 Å². The average Bonchev–Trinajstić information content (AvgIpc) is 2.84. The lowest BCUT2D eigenvalue weighted by atomic mass is 9.99. The summed E-state index contributed by atoms with van der Waals surface area (Å²) in [5.41, 5.74) is 0.0131. The minimum atomic E-state index is -1.81. The maximum absolute atomic E-state index is 12.8. The summed E-state index contributed by atoms with van der Waals surface area (Å²) in [6, 6.07) is 11.3. The number of rotatable bonds is 5. The van der Waals surface area contributed by atoms with Gasteiger partial charge in [-0.15, -0.1) is 0 Å². The molecule has 34 heavy (non-hydrogen) atoms. The van der Waals surface area contributed by atoms with Crippen molar-refractivity contribution in [3.05, 3.63) is 52.7 Å². The lowest BCUT2D eigenvalue weighted by Gasteiger charge is -2.38. The van der Waals surface area contributed by atoms with Crippen LogP contribution in [0.5, 0.6) is 17.2 Å². The predicted molar refractivity (Wildman–Crippen MR) is 115 cm³/mol. The highest BCUT2D eigenvalue weighted by molar-refractivity contribution is 5.89. The molecule has 0 saturated carbocycles. The summed E-state index contributed by atoms with van der Waals surface area (Å²) >= 11 is 0. The van der Waals surface area contributed by atoms with Crippen molar-refractivity contribution in [3.63, 3.8) is 0 Å². The van der Waals surface area contributed by atoms with E-state index in [2.05, 4.69) is 4.74 Å². The number of ether oxygens (including phenoxy) is 4. The molecule has 5 atom stereocenters. The first-order chi connectivity index (χ1) is 16.3. The van der Waals surface area contributed by atoms with Gasteiger partial charge in [0.2, 0.25) is 12.0 Å². The smallest absolute Gasteiger partial charge is 0.337 e. The third-order valence-corrected chi connectivity index (χ3v) is 5.42. The van der Waals surface area contributed by atoms with Gasteiger partial charge < -0.3 is 43.8 Å². The molecule has 180 valence electrons. The summed E-state index contributed by atoms with van der Waals surface area (Å²) in [7, 11) is 2.27. The minimum absolute atomic E-state index is 0.0601. The van der Waals surface area contributed by atoms with Crippen molar-refractivity contribution in [1.29, 1.82) is 0 Å². The van der Waals surface area contributed by atoms with Crippen LogP contribution in [0, 0.1) is 0 Å². The quantitative estimate of drug-likeness (QED) is 0.381. The van der Waals surface area contributed by atoms with Gasteiger partial charge in [-0.25, -0.2) is 4.79 Å². The van der Waals surface area contributed by atoms with Crippen molar-refractivity contribution >= 4 is 16.9 Å². The van der Waals surface area contributed by atoms with Gasteiger partial charge in [0, 0.05) is 17.7 Å². The van der Waals surface area contributed by atoms with Crippen LogP contribution in [0.3, 0.4) is 0 Å². The van der Waals surface area contributed by atoms with Gasteiger partial charge in [-0.3, -0.25) is 4.79 Å². The van der Waals surface area contributed by atoms with Crippen molar-refractivity contribution in [2.45, 2.75) is 30.7 Å². The van der Waals surface area contributed by atoms with E-state index in [0.29, 0.717) is 5.56 Å². The highest BCUT2D eigenvalue weighted by atomic mass is 16.7. The number of hydrogen-bond acceptors (Lipinski definition) is 11. The Hall–Kier alpha value is -3.64. The van der Waals surface area contributed by atoms with Gasteiger partial charge in [-0.05, 0) is 0 Å². The molecule has 1 aliphatic heterocycles. The zero-order valence-corrected chi connectivity index (χ0v) is 18.1. The molecule has 2 unspecified atom stereocenters. The van der Waals surface area contributed by atoms with E-state index in [9.17, 15) is 30.0 Å². The van der Waals surface area contributed by atoms with Gasteiger partial charge in [0.25, 0.3) is 0 Å². The second-order valence-corrected chi connectivity index (χ2v) is 7.51. The Balaban J connectivity index is 1.78. The molecule has 0 aliphatic carbocycles. The molecule has 0 bridgehead atoms. The molecule has 11 heteroatoms. The Labute approximate surface area is 192 Å². The molecule has 1 aromatic heterocycles. The lowest BCUT2D eigenvalue weighted by Crippen LogP contribution is -2.61. The van der Waals surface area contributed by atoms with Crippen LogP contribution < -0.4 is 14.9 Å². The standard InChI is InChI=1S/C23H22O11/c1-30-20-14(33-23-19(28)17(26)18(27)21(34-23)22(29)31-2)9-13-15(16(20)25)11(24)8-12(32-13)10-6-4-3-5-7-10/h3-9,17-19,21,23,25-28H,1-2H3/t17-,18-,19?,21?,23+/m0/s1. The van der Waals surface area contributed by atoms with Crippen molar-refractivity contribution in [2.24, 2.45) is 0 Å². The normalized spacial score (nSPS) is 24.6. The number of phenols is 1. The van der Waals surface area contributed by atoms with E-state index >= 15 is 0 Å². The van der Waals surface area contributed by atoms with Crippen LogP contribution in [0.2, 0.25) is 0 Å². The van der Waals surface area contributed by atoms with Crippen LogP contribution in [0.15, 0.2) is 51.7 Å². The number of phenolic OH excluding ortho intramolecular Hbond substituents is 1. The largest absolute Gasteiger partial charge is 0.504 e. The molecule has 4 N–H and O–H groups in total. The van der Waals surface area contributed by atoms with E-state index in [1.54, 1.807) is 30.3 Å². The van der Waals surface area contributed by atoms with Gasteiger partial charge >= 0.3 is 5.97 Å². The van der Waals surface area contributed by atoms with Crippen LogP contribution in [0.4, 0.5) is 0 Å². The zero-order chi connectivity index (χ0) is 24.6. The number of aromatic hydroxyl groups is 1. The predicted octanol–water partition coefficient (Wildman–Crippen LogP) is 0.534. The first-order valence-corrected chi connectivity index (χ1v) is 10.1. The Bertz CT molecular complexity index is 1250. The molecule has 1 aliphatic rings. The molecule has 1 saturated heterocycles. The molecule has 3 aromatic rings. The van der Waals surface area contributed by atoms with E-state index in [4.69, 9.17) is 18.6 Å². The van der Waals surface area contributed by atoms with Crippen LogP contribution in [0.25, 0.3) is 22.3 Å². The van der Waals surface area contributed by atoms with Crippen molar-refractivity contribution < 1.29 is 48.6 Å². The molecule has 0 radical (unpaired) electrons. The molecule has 4 rings (SSSR count). The topological polar surface area (TPSA) is 165 Å². The third kappa shape index (κ3) is 4.05. The molecule has 2 aromatic carbocycles. The Morgan fingerprint density at radius 1 is 1.00 bits per heavy atom. The van der Waals surface area contributed by atoms with Crippen LogP contribution >= 0.6 is 0 Å². The maximum atomic E-state index is 12.8. The Kier molecular flexibility index (Phi) is 6.44. The average molecular weight is 474 g/mol. The Morgan fingerprint density at radius 2 is 1.71 bits per heavy atom. The monoisotopic (exact) mass is 474 g/mol. The van der Waals surface area contributed by atoms with E-state index < -0.39 is 47.9 Å². The summed E-state index contributed by atoms with van der Waals surface area (Å²) < 4.78 is 26.5. The summed E-state index contributed by atoms with van der Waals surface area (Å²) in [5.74, 6) is -1.86. The van der Waals surface area contributed by atoms with Crippen LogP contribution in [0.1, 0.15) is 0 Å². The van der Waals surface area contributed by atoms with Crippen molar-refractivity contribution in [1.82, 2.24) is 0 Å². The second-order valence-electron chi connectivity index (χ2n) is 7.51. The lowest BCUT2D eigenvalue weighted by molar-refractivity contribution is -0.272. The molecule has 0 amide bonds. The maximum Gasteiger partial charge on any atom is 0.337 e. The zero-order valence-electron chi connectivity index (χ0n) is 18.1. The number of aliphatic hydroxyl groups is 3. The summed E-state index contributed by atoms with van der Waals surface area (Å²) in [5, 5.41) is 41.1. The highest BCUT2D eigenvalue weighted by Gasteiger charge is 2.48. The number of fused-ring (bicyclic) bond motifs is 1. The first kappa shape index (κ1) is 23.5. The van der Waals surface area contributed by atoms with Gasteiger partial charge in [-0.2, -0.15) is 0 Å². The summed E-state index contributed by atoms with van der Waals surface area (Å²) in [6.07, 6.45) is -8.72. The number of carbonyl (C=O) groups excluding carboxylic acids is 1. The number of carbonyl (C=O) groups is 1. The number of aliphatic hydroxyl groups excluding tert-OH is 3. The van der Waals surface area contributed by atoms with Crippen LogP contribution in [-0.2, 0) is 14.3 Å². The molecular formula is C23H22O11. The fourth-order valence-electron chi connectivity index (χ4n) is 3.67. The van der Waals surface area contributed by atoms with E-state index in [-0.39, 0.29) is 28.2 Å². The number of esters is 1. The SMILES string of the molecule is COC(=O)C1O[C@@H](Oc2cc3oc(-c4ccccc4)cc(=O)c3c(O)c2OC)C(O)[C@@H](O)[C@@H]1O. The van der Waals surface area contributed by atoms with Crippen molar-refractivity contribution in [3.8, 4) is 28.6 Å². The molecule has 11 nitrogen and oxygen atoms in total. The third-order valence-electron chi connectivity index (χ3n) is 5.42. The first-order valence-electron chi connectivity index (χ1n) is 10.1. The highest BCUT2D eigenvalue weighted by Crippen LogP contribution is 2.43. The fraction of sp³-hybridized carbons (Fsp3) is 0.304. The van der Waals surface area contributed by atoms with E-state index in [0.717, 1.165) is 7.11 Å². The van der Waals surface area contributed by atoms with Crippen LogP contribution in [-0.4, -0.2) is 71.3 Å². The van der Waals surface area contributed by atoms with Gasteiger partial charge in [0.1, 0.15) is 35.0 Å². The summed E-state index contributed by atoms with van der Waals surface area (Å²) in [6.45, 7) is 0. The number of benzene rings is 2. The number of methoxy groups -OCH3 is 2. The second kappa shape index (κ2) is 9.31. The van der Waals surface area contributed by atoms with E-state index in [1.165, 1.54) is 19.2 Å². The molecule has 1 fully saturated rings. The minimum Gasteiger partial charge on any atom is -0.504 e. The van der Waals surface area contributed by atoms with E-state index in [1.807, 2.05) is 0 Å². The Morgan fingerprint density at radius 3 is 2.35 bits per heavy atom. The fourth-order valence-corrected chi connectivity index (χ4v) is 3.67. The number of hydrogen-bond donors (Lipinski definition) is 4. The van der Waals surface area contributed by atoms with Gasteiger partial charge in [0.05, 0.1) is 14.2 Å².